The standard InChI is InChI=1S/C19H15ClO4/c1-11-14-7-4-8-15(16(10-23-2)19(21)22)18(14)24-17(11)12-5-3-6-13(20)9-12/h3-10H,1-2H3,(H,21,22). The van der Waals surface area contributed by atoms with Crippen LogP contribution in [0.15, 0.2) is 53.1 Å². The van der Waals surface area contributed by atoms with Gasteiger partial charge < -0.3 is 14.3 Å². The number of fused-ring (bicyclic) bond motifs is 1. The molecule has 122 valence electrons. The topological polar surface area (TPSA) is 59.7 Å². The Hall–Kier alpha value is -2.72. The summed E-state index contributed by atoms with van der Waals surface area (Å²) in [5.41, 5.74) is 2.79. The van der Waals surface area contributed by atoms with E-state index >= 15 is 0 Å². The van der Waals surface area contributed by atoms with Crippen molar-refractivity contribution in [3.63, 3.8) is 0 Å². The van der Waals surface area contributed by atoms with Gasteiger partial charge in [-0.1, -0.05) is 41.9 Å². The first kappa shape index (κ1) is 16.1. The molecule has 0 atom stereocenters. The number of furan rings is 1. The third kappa shape index (κ3) is 2.76. The first-order valence-corrected chi connectivity index (χ1v) is 7.65. The summed E-state index contributed by atoms with van der Waals surface area (Å²) in [6, 6.07) is 12.8. The maximum Gasteiger partial charge on any atom is 0.339 e. The van der Waals surface area contributed by atoms with Crippen LogP contribution >= 0.6 is 11.6 Å². The minimum Gasteiger partial charge on any atom is -0.503 e. The molecule has 0 aliphatic carbocycles. The number of carbonyl (C=O) groups is 1. The SMILES string of the molecule is COC=C(C(=O)O)c1cccc2c(C)c(-c3cccc(Cl)c3)oc12. The molecule has 0 spiro atoms. The van der Waals surface area contributed by atoms with Crippen LogP contribution in [0.2, 0.25) is 5.02 Å². The van der Waals surface area contributed by atoms with E-state index in [0.717, 1.165) is 16.5 Å². The van der Waals surface area contributed by atoms with Crippen molar-refractivity contribution in [3.05, 3.63) is 64.9 Å². The normalized spacial score (nSPS) is 11.7. The fraction of sp³-hybridized carbons (Fsp3) is 0.105. The van der Waals surface area contributed by atoms with E-state index in [1.807, 2.05) is 31.2 Å². The molecule has 0 unspecified atom stereocenters. The predicted molar refractivity (Wildman–Crippen MR) is 94.0 cm³/mol. The number of methoxy groups -OCH3 is 1. The van der Waals surface area contributed by atoms with E-state index in [-0.39, 0.29) is 5.57 Å². The minimum absolute atomic E-state index is 0.0366. The first-order valence-electron chi connectivity index (χ1n) is 7.27. The van der Waals surface area contributed by atoms with Gasteiger partial charge in [-0.05, 0) is 19.1 Å². The summed E-state index contributed by atoms with van der Waals surface area (Å²) in [7, 11) is 1.41. The highest BCUT2D eigenvalue weighted by molar-refractivity contribution is 6.30. The lowest BCUT2D eigenvalue weighted by atomic mass is 10.0. The number of para-hydroxylation sites is 1. The van der Waals surface area contributed by atoms with Crippen LogP contribution in [0.3, 0.4) is 0 Å². The Bertz CT molecular complexity index is 953. The second-order valence-corrected chi connectivity index (χ2v) is 5.76. The summed E-state index contributed by atoms with van der Waals surface area (Å²) in [6.07, 6.45) is 1.20. The summed E-state index contributed by atoms with van der Waals surface area (Å²) in [6.45, 7) is 1.94. The molecule has 0 saturated heterocycles. The fourth-order valence-electron chi connectivity index (χ4n) is 2.71. The lowest BCUT2D eigenvalue weighted by molar-refractivity contribution is -0.130. The van der Waals surface area contributed by atoms with Crippen molar-refractivity contribution in [2.45, 2.75) is 6.92 Å². The zero-order valence-electron chi connectivity index (χ0n) is 13.2. The van der Waals surface area contributed by atoms with Crippen LogP contribution in [0.25, 0.3) is 27.9 Å². The Labute approximate surface area is 143 Å². The third-order valence-corrected chi connectivity index (χ3v) is 4.04. The molecule has 5 heteroatoms. The largest absolute Gasteiger partial charge is 0.503 e. The molecule has 0 bridgehead atoms. The van der Waals surface area contributed by atoms with Gasteiger partial charge in [0.1, 0.15) is 16.9 Å². The highest BCUT2D eigenvalue weighted by Gasteiger charge is 2.20. The molecule has 3 rings (SSSR count). The van der Waals surface area contributed by atoms with Crippen LogP contribution in [0.4, 0.5) is 0 Å². The van der Waals surface area contributed by atoms with E-state index in [0.29, 0.717) is 21.9 Å². The van der Waals surface area contributed by atoms with Crippen molar-refractivity contribution in [2.75, 3.05) is 7.11 Å². The Kier molecular flexibility index (Phi) is 4.32. The second-order valence-electron chi connectivity index (χ2n) is 5.32. The summed E-state index contributed by atoms with van der Waals surface area (Å²) in [5.74, 6) is -0.412. The molecule has 1 N–H and O–H groups in total. The number of rotatable bonds is 4. The van der Waals surface area contributed by atoms with Gasteiger partial charge in [0.2, 0.25) is 0 Å². The molecular formula is C19H15ClO4. The average Bonchev–Trinajstić information content (AvgIpc) is 2.90. The number of carboxylic acids is 1. The van der Waals surface area contributed by atoms with Gasteiger partial charge in [-0.25, -0.2) is 4.79 Å². The molecule has 0 amide bonds. The average molecular weight is 343 g/mol. The maximum atomic E-state index is 11.5. The summed E-state index contributed by atoms with van der Waals surface area (Å²) in [5, 5.41) is 10.9. The lowest BCUT2D eigenvalue weighted by Gasteiger charge is -2.03. The smallest absolute Gasteiger partial charge is 0.339 e. The molecule has 2 aromatic carbocycles. The van der Waals surface area contributed by atoms with Crippen molar-refractivity contribution >= 4 is 34.1 Å². The highest BCUT2D eigenvalue weighted by Crippen LogP contribution is 2.37. The Balaban J connectivity index is 2.27. The number of benzene rings is 2. The zero-order valence-corrected chi connectivity index (χ0v) is 13.9. The highest BCUT2D eigenvalue weighted by atomic mass is 35.5. The lowest BCUT2D eigenvalue weighted by Crippen LogP contribution is -2.00. The number of hydrogen-bond acceptors (Lipinski definition) is 3. The van der Waals surface area contributed by atoms with Crippen LogP contribution in [-0.4, -0.2) is 18.2 Å². The van der Waals surface area contributed by atoms with Gasteiger partial charge in [-0.2, -0.15) is 0 Å². The third-order valence-electron chi connectivity index (χ3n) is 3.81. The van der Waals surface area contributed by atoms with Crippen LogP contribution in [0.1, 0.15) is 11.1 Å². The van der Waals surface area contributed by atoms with E-state index in [9.17, 15) is 9.90 Å². The van der Waals surface area contributed by atoms with E-state index in [4.69, 9.17) is 20.8 Å². The minimum atomic E-state index is -1.08. The number of aliphatic carboxylic acids is 1. The molecule has 0 radical (unpaired) electrons. The zero-order chi connectivity index (χ0) is 17.3. The van der Waals surface area contributed by atoms with Crippen LogP contribution in [0, 0.1) is 6.92 Å². The summed E-state index contributed by atoms with van der Waals surface area (Å²) >= 11 is 6.07. The van der Waals surface area contributed by atoms with Gasteiger partial charge in [-0.3, -0.25) is 0 Å². The van der Waals surface area contributed by atoms with Gasteiger partial charge in [0.15, 0.2) is 0 Å². The van der Waals surface area contributed by atoms with E-state index in [1.54, 1.807) is 18.2 Å². The van der Waals surface area contributed by atoms with Crippen molar-refractivity contribution in [1.29, 1.82) is 0 Å². The van der Waals surface area contributed by atoms with E-state index < -0.39 is 5.97 Å². The molecule has 3 aromatic rings. The maximum absolute atomic E-state index is 11.5. The molecule has 0 aliphatic rings. The van der Waals surface area contributed by atoms with Crippen molar-refractivity contribution in [2.24, 2.45) is 0 Å². The second kappa shape index (κ2) is 6.42. The number of aryl methyl sites for hydroxylation is 1. The van der Waals surface area contributed by atoms with Gasteiger partial charge in [-0.15, -0.1) is 0 Å². The van der Waals surface area contributed by atoms with Gasteiger partial charge >= 0.3 is 5.97 Å². The van der Waals surface area contributed by atoms with Crippen molar-refractivity contribution in [1.82, 2.24) is 0 Å². The molecule has 4 nitrogen and oxygen atoms in total. The van der Waals surface area contributed by atoms with Gasteiger partial charge in [0.05, 0.1) is 13.4 Å². The van der Waals surface area contributed by atoms with Crippen molar-refractivity contribution in [3.8, 4) is 11.3 Å². The van der Waals surface area contributed by atoms with E-state index in [1.165, 1.54) is 13.4 Å². The Morgan fingerprint density at radius 3 is 2.67 bits per heavy atom. The van der Waals surface area contributed by atoms with Crippen molar-refractivity contribution < 1.29 is 19.1 Å². The molecule has 1 aromatic heterocycles. The summed E-state index contributed by atoms with van der Waals surface area (Å²) < 4.78 is 10.9. The van der Waals surface area contributed by atoms with Crippen LogP contribution in [-0.2, 0) is 9.53 Å². The molecule has 1 heterocycles. The number of ether oxygens (including phenoxy) is 1. The Morgan fingerprint density at radius 2 is 2.00 bits per heavy atom. The quantitative estimate of drug-likeness (QED) is 0.527. The molecule has 0 fully saturated rings. The van der Waals surface area contributed by atoms with E-state index in [2.05, 4.69) is 0 Å². The van der Waals surface area contributed by atoms with Crippen LogP contribution in [0.5, 0.6) is 0 Å². The van der Waals surface area contributed by atoms with Crippen LogP contribution < -0.4 is 0 Å². The predicted octanol–water partition coefficient (Wildman–Crippen LogP) is 5.13. The molecular weight excluding hydrogens is 328 g/mol. The Morgan fingerprint density at radius 1 is 1.25 bits per heavy atom. The molecule has 24 heavy (non-hydrogen) atoms. The number of halogens is 1. The molecule has 0 saturated carbocycles. The van der Waals surface area contributed by atoms with Gasteiger partial charge in [0, 0.05) is 27.1 Å². The number of carboxylic acid groups (broad SMARTS) is 1. The fourth-order valence-corrected chi connectivity index (χ4v) is 2.90. The summed E-state index contributed by atoms with van der Waals surface area (Å²) in [4.78, 5) is 11.5. The monoisotopic (exact) mass is 342 g/mol. The molecule has 0 aliphatic heterocycles. The first-order chi connectivity index (χ1) is 11.5. The number of hydrogen-bond donors (Lipinski definition) is 1. The van der Waals surface area contributed by atoms with Gasteiger partial charge in [0.25, 0.3) is 0 Å².